The van der Waals surface area contributed by atoms with Crippen LogP contribution in [0.1, 0.15) is 81.3 Å². The topological polar surface area (TPSA) is 124 Å². The Bertz CT molecular complexity index is 2690. The fraction of sp³-hybridized carbons (Fsp3) is 0.348. The molecule has 0 amide bonds. The van der Waals surface area contributed by atoms with E-state index in [9.17, 15) is 0 Å². The SMILES string of the molecule is Cc1ccc2c(c1)C1=NC2=NC2NC(=C3C=CC(CC(C)C)=CC32)N=C2N=C(N=c3[nH]c(c4ccc(C)cc34)=N1)c1ccc(SOON(CC(C)C)CC(C)C)cc12. The normalized spacial score (nSPS) is 19.1. The van der Waals surface area contributed by atoms with E-state index < -0.39 is 0 Å². The van der Waals surface area contributed by atoms with Crippen molar-refractivity contribution in [1.29, 1.82) is 0 Å². The minimum absolute atomic E-state index is 0.0508. The number of aliphatic imine (C=N–C) groups is 4. The Morgan fingerprint density at radius 3 is 2.10 bits per heavy atom. The van der Waals surface area contributed by atoms with Crippen LogP contribution in [0.3, 0.4) is 0 Å². The maximum absolute atomic E-state index is 5.82. The average molecular weight is 792 g/mol. The van der Waals surface area contributed by atoms with Gasteiger partial charge >= 0.3 is 0 Å². The van der Waals surface area contributed by atoms with Gasteiger partial charge in [-0.1, -0.05) is 101 Å². The Labute approximate surface area is 343 Å². The van der Waals surface area contributed by atoms with Gasteiger partial charge in [0.15, 0.2) is 23.3 Å². The molecule has 3 aromatic carbocycles. The molecule has 296 valence electrons. The molecule has 2 N–H and O–H groups in total. The lowest BCUT2D eigenvalue weighted by molar-refractivity contribution is -0.364. The van der Waals surface area contributed by atoms with Gasteiger partial charge < -0.3 is 10.3 Å². The molecule has 0 saturated carbocycles. The molecule has 1 aliphatic carbocycles. The number of hydrogen-bond acceptors (Lipinski definition) is 11. The van der Waals surface area contributed by atoms with E-state index in [4.69, 9.17) is 39.3 Å². The lowest BCUT2D eigenvalue weighted by Crippen LogP contribution is -2.31. The zero-order valence-corrected chi connectivity index (χ0v) is 35.1. The molecule has 9 rings (SSSR count). The lowest BCUT2D eigenvalue weighted by Gasteiger charge is -2.22. The van der Waals surface area contributed by atoms with Crippen LogP contribution in [0.2, 0.25) is 0 Å². The predicted octanol–water partition coefficient (Wildman–Crippen LogP) is 8.24. The Balaban J connectivity index is 1.20. The first-order valence-corrected chi connectivity index (χ1v) is 21.0. The second-order valence-corrected chi connectivity index (χ2v) is 17.8. The summed E-state index contributed by atoms with van der Waals surface area (Å²) in [5.41, 5.74) is 9.56. The predicted molar refractivity (Wildman–Crippen MR) is 233 cm³/mol. The molecule has 0 spiro atoms. The van der Waals surface area contributed by atoms with Crippen LogP contribution in [-0.2, 0) is 9.32 Å². The number of nitrogens with one attached hydrogen (secondary N) is 2. The van der Waals surface area contributed by atoms with Crippen molar-refractivity contribution in [2.75, 3.05) is 13.1 Å². The molecule has 58 heavy (non-hydrogen) atoms. The zero-order valence-electron chi connectivity index (χ0n) is 34.3. The number of aryl methyl sites for hydroxylation is 2. The number of nitrogens with zero attached hydrogens (tertiary/aromatic N) is 7. The first-order chi connectivity index (χ1) is 27.9. The highest BCUT2D eigenvalue weighted by molar-refractivity contribution is 7.94. The van der Waals surface area contributed by atoms with Crippen molar-refractivity contribution < 1.29 is 9.32 Å². The number of aromatic amines is 1. The quantitative estimate of drug-likeness (QED) is 0.0952. The molecule has 5 heterocycles. The van der Waals surface area contributed by atoms with E-state index in [2.05, 4.69) is 126 Å². The van der Waals surface area contributed by atoms with Crippen molar-refractivity contribution in [3.05, 3.63) is 134 Å². The van der Waals surface area contributed by atoms with Gasteiger partial charge in [0.2, 0.25) is 0 Å². The minimum atomic E-state index is -0.344. The molecule has 0 fully saturated rings. The molecule has 0 saturated heterocycles. The number of hydrogen-bond donors (Lipinski definition) is 2. The van der Waals surface area contributed by atoms with E-state index in [1.54, 1.807) is 0 Å². The molecule has 1 aromatic heterocycles. The molecule has 8 bridgehead atoms. The molecule has 2 atom stereocenters. The molecule has 5 aliphatic rings. The number of fused-ring (bicyclic) bond motifs is 17. The molecule has 2 unspecified atom stereocenters. The molecule has 4 aliphatic heterocycles. The summed E-state index contributed by atoms with van der Waals surface area (Å²) in [6.45, 7) is 18.9. The van der Waals surface area contributed by atoms with Gasteiger partial charge in [0, 0.05) is 62.5 Å². The van der Waals surface area contributed by atoms with E-state index in [1.807, 2.05) is 17.2 Å². The number of hydroxylamine groups is 2. The fourth-order valence-corrected chi connectivity index (χ4v) is 8.57. The molecular weight excluding hydrogens is 743 g/mol. The summed E-state index contributed by atoms with van der Waals surface area (Å²) < 4.78 is 5.78. The standard InChI is InChI=1S/C46H49N9O2S/c1-24(2)17-29-11-15-33-37(20-29)45-51-40-32-14-10-28(8)19-36(32)43(49-40)47-39-31-13-9-27(7)18-35(31)44(48-39)50-42-34-16-12-30(21-38(34)46(54-42)53-41(33)52-45)58-57-56-55(22-25(3)4)23-26(5)6/h9-16,18-21,24-26,37,45,52H,17,22-23H2,1-8H3,(H,47,48,49,50,51,53,54). The summed E-state index contributed by atoms with van der Waals surface area (Å²) >= 11 is 1.17. The second kappa shape index (κ2) is 15.5. The maximum Gasteiger partial charge on any atom is 0.164 e. The van der Waals surface area contributed by atoms with Gasteiger partial charge in [0.25, 0.3) is 0 Å². The van der Waals surface area contributed by atoms with Crippen LogP contribution in [-0.4, -0.2) is 52.6 Å². The van der Waals surface area contributed by atoms with Gasteiger partial charge in [-0.3, -0.25) is 0 Å². The highest BCUT2D eigenvalue weighted by Crippen LogP contribution is 2.38. The van der Waals surface area contributed by atoms with E-state index in [-0.39, 0.29) is 12.1 Å². The smallest absolute Gasteiger partial charge is 0.164 e. The van der Waals surface area contributed by atoms with Crippen molar-refractivity contribution in [3.63, 3.8) is 0 Å². The Morgan fingerprint density at radius 1 is 0.672 bits per heavy atom. The number of amidine groups is 4. The van der Waals surface area contributed by atoms with Crippen LogP contribution in [0.15, 0.2) is 125 Å². The van der Waals surface area contributed by atoms with Crippen molar-refractivity contribution in [1.82, 2.24) is 15.4 Å². The lowest BCUT2D eigenvalue weighted by atomic mass is 9.88. The zero-order chi connectivity index (χ0) is 40.2. The van der Waals surface area contributed by atoms with Gasteiger partial charge in [-0.05, 0) is 68.4 Å². The molecular formula is C46H49N9O2S. The van der Waals surface area contributed by atoms with Gasteiger partial charge in [-0.25, -0.2) is 30.0 Å². The van der Waals surface area contributed by atoms with Crippen LogP contribution in [0.25, 0.3) is 10.8 Å². The van der Waals surface area contributed by atoms with Crippen LogP contribution < -0.4 is 16.3 Å². The number of rotatable bonds is 10. The van der Waals surface area contributed by atoms with Gasteiger partial charge in [-0.15, -0.1) is 9.32 Å². The van der Waals surface area contributed by atoms with Gasteiger partial charge in [-0.2, -0.15) is 5.06 Å². The van der Waals surface area contributed by atoms with Crippen LogP contribution in [0.4, 0.5) is 0 Å². The molecule has 4 aromatic rings. The van der Waals surface area contributed by atoms with Crippen LogP contribution in [0, 0.1) is 37.5 Å². The first kappa shape index (κ1) is 38.3. The van der Waals surface area contributed by atoms with E-state index >= 15 is 0 Å². The largest absolute Gasteiger partial charge is 0.347 e. The van der Waals surface area contributed by atoms with E-state index in [0.717, 1.165) is 80.0 Å². The van der Waals surface area contributed by atoms with Gasteiger partial charge in [0.05, 0.1) is 12.0 Å². The first-order valence-electron chi connectivity index (χ1n) is 20.3. The van der Waals surface area contributed by atoms with Crippen molar-refractivity contribution >= 4 is 46.2 Å². The molecule has 12 heteroatoms. The minimum Gasteiger partial charge on any atom is -0.347 e. The maximum atomic E-state index is 5.82. The van der Waals surface area contributed by atoms with Crippen LogP contribution >= 0.6 is 12.0 Å². The molecule has 11 nitrogen and oxygen atoms in total. The fourth-order valence-electron chi connectivity index (χ4n) is 8.08. The number of H-pyrrole nitrogens is 1. The Hall–Kier alpha value is -5.27. The molecule has 0 radical (unpaired) electrons. The number of allylic oxidation sites excluding steroid dienone is 3. The van der Waals surface area contributed by atoms with E-state index in [1.165, 1.54) is 17.6 Å². The van der Waals surface area contributed by atoms with Crippen molar-refractivity contribution in [2.45, 2.75) is 72.9 Å². The number of aromatic nitrogens is 1. The summed E-state index contributed by atoms with van der Waals surface area (Å²) in [5.74, 6) is 4.42. The third-order valence-corrected chi connectivity index (χ3v) is 11.1. The summed E-state index contributed by atoms with van der Waals surface area (Å²) in [7, 11) is 0. The highest BCUT2D eigenvalue weighted by atomic mass is 32.2. The third-order valence-electron chi connectivity index (χ3n) is 10.6. The summed E-state index contributed by atoms with van der Waals surface area (Å²) in [4.78, 5) is 41.6. The third kappa shape index (κ3) is 7.57. The average Bonchev–Trinajstić information content (AvgIpc) is 3.88. The monoisotopic (exact) mass is 791 g/mol. The highest BCUT2D eigenvalue weighted by Gasteiger charge is 2.36. The second-order valence-electron chi connectivity index (χ2n) is 17.1. The summed E-state index contributed by atoms with van der Waals surface area (Å²) in [6.07, 6.45) is 7.38. The Morgan fingerprint density at radius 2 is 1.33 bits per heavy atom. The number of benzene rings is 3. The van der Waals surface area contributed by atoms with Crippen LogP contribution in [0.5, 0.6) is 0 Å². The van der Waals surface area contributed by atoms with E-state index in [0.29, 0.717) is 52.1 Å². The summed E-state index contributed by atoms with van der Waals surface area (Å²) in [6, 6.07) is 18.8. The summed E-state index contributed by atoms with van der Waals surface area (Å²) in [5, 5.41) is 7.48. The van der Waals surface area contributed by atoms with Crippen molar-refractivity contribution in [2.24, 2.45) is 53.6 Å². The van der Waals surface area contributed by atoms with Crippen molar-refractivity contribution in [3.8, 4) is 0 Å². The van der Waals surface area contributed by atoms with Gasteiger partial charge in [0.1, 0.15) is 23.0 Å². The Kier molecular flexibility index (Phi) is 10.2.